The smallest absolute Gasteiger partial charge is 0.233 e. The Balaban J connectivity index is 0. The number of rotatable bonds is 4. The quantitative estimate of drug-likeness (QED) is 0.743. The molecule has 1 unspecified atom stereocenters. The summed E-state index contributed by atoms with van der Waals surface area (Å²) < 4.78 is 0. The third kappa shape index (κ3) is 9.77. The Morgan fingerprint density at radius 1 is 1.11 bits per heavy atom. The molecular formula is C12H25N3O3. The monoisotopic (exact) mass is 259 g/mol. The summed E-state index contributed by atoms with van der Waals surface area (Å²) in [6.45, 7) is 8.73. The van der Waals surface area contributed by atoms with Crippen LogP contribution in [-0.2, 0) is 14.4 Å². The van der Waals surface area contributed by atoms with E-state index in [4.69, 9.17) is 0 Å². The van der Waals surface area contributed by atoms with E-state index in [1.165, 1.54) is 13.8 Å². The summed E-state index contributed by atoms with van der Waals surface area (Å²) in [5, 5.41) is 5.89. The van der Waals surface area contributed by atoms with Crippen LogP contribution in [0.1, 0.15) is 34.6 Å². The molecule has 0 spiro atoms. The Kier molecular flexibility index (Phi) is 10.1. The maximum absolute atomic E-state index is 10.7. The number of hydrogen-bond donors (Lipinski definition) is 1. The average molecular weight is 259 g/mol. The standard InChI is InChI=1S/C6H14N2O.C6H11NO2/c1-5-8(6(2)9)7(3)4;1-4(5(2)8)7-6(3)9/h5H2,1-4H3;4H,1-3H3,(H,7,9). The van der Waals surface area contributed by atoms with Gasteiger partial charge in [-0.3, -0.25) is 19.4 Å². The molecule has 0 aliphatic rings. The third-order valence-corrected chi connectivity index (χ3v) is 2.18. The number of Topliss-reactive ketones (excluding diaryl/α,β-unsaturated/α-hetero) is 1. The Bertz CT molecular complexity index is 290. The first-order valence-electron chi connectivity index (χ1n) is 5.86. The highest BCUT2D eigenvalue weighted by atomic mass is 16.2. The number of ketones is 1. The molecule has 0 saturated carbocycles. The van der Waals surface area contributed by atoms with Crippen LogP contribution in [0.15, 0.2) is 0 Å². The number of amides is 2. The van der Waals surface area contributed by atoms with Crippen molar-refractivity contribution in [3.05, 3.63) is 0 Å². The minimum absolute atomic E-state index is 0.0230. The number of nitrogens with one attached hydrogen (secondary N) is 1. The largest absolute Gasteiger partial charge is 0.347 e. The predicted octanol–water partition coefficient (Wildman–Crippen LogP) is 0.431. The lowest BCUT2D eigenvalue weighted by molar-refractivity contribution is -0.141. The Hall–Kier alpha value is -1.43. The molecule has 1 atom stereocenters. The van der Waals surface area contributed by atoms with Crippen molar-refractivity contribution in [3.63, 3.8) is 0 Å². The van der Waals surface area contributed by atoms with Gasteiger partial charge in [0.25, 0.3) is 0 Å². The lowest BCUT2D eigenvalue weighted by atomic mass is 10.2. The molecule has 6 heteroatoms. The maximum Gasteiger partial charge on any atom is 0.233 e. The van der Waals surface area contributed by atoms with Crippen molar-refractivity contribution < 1.29 is 14.4 Å². The van der Waals surface area contributed by atoms with Crippen molar-refractivity contribution in [3.8, 4) is 0 Å². The number of nitrogens with zero attached hydrogens (tertiary/aromatic N) is 2. The predicted molar refractivity (Wildman–Crippen MR) is 70.7 cm³/mol. The molecular weight excluding hydrogens is 234 g/mol. The lowest BCUT2D eigenvalue weighted by Gasteiger charge is -2.25. The van der Waals surface area contributed by atoms with Crippen LogP contribution in [-0.4, -0.2) is 54.3 Å². The maximum atomic E-state index is 10.7. The van der Waals surface area contributed by atoms with Gasteiger partial charge >= 0.3 is 0 Å². The van der Waals surface area contributed by atoms with Gasteiger partial charge in [0, 0.05) is 34.5 Å². The zero-order valence-corrected chi connectivity index (χ0v) is 12.4. The number of carbonyl (C=O) groups excluding carboxylic acids is 3. The van der Waals surface area contributed by atoms with Gasteiger partial charge in [-0.1, -0.05) is 0 Å². The van der Waals surface area contributed by atoms with E-state index in [0.717, 1.165) is 6.54 Å². The fourth-order valence-corrected chi connectivity index (χ4v) is 1.19. The van der Waals surface area contributed by atoms with Gasteiger partial charge in [-0.2, -0.15) is 0 Å². The first kappa shape index (κ1) is 18.9. The Morgan fingerprint density at radius 2 is 1.56 bits per heavy atom. The van der Waals surface area contributed by atoms with E-state index in [1.807, 2.05) is 21.0 Å². The van der Waals surface area contributed by atoms with Gasteiger partial charge in [-0.15, -0.1) is 0 Å². The molecule has 0 saturated heterocycles. The van der Waals surface area contributed by atoms with Crippen LogP contribution in [0.4, 0.5) is 0 Å². The minimum Gasteiger partial charge on any atom is -0.347 e. The molecule has 0 fully saturated rings. The van der Waals surface area contributed by atoms with Crippen molar-refractivity contribution in [2.24, 2.45) is 0 Å². The summed E-state index contributed by atoms with van der Waals surface area (Å²) in [6, 6.07) is -0.345. The van der Waals surface area contributed by atoms with Gasteiger partial charge in [-0.05, 0) is 20.8 Å². The highest BCUT2D eigenvalue weighted by Crippen LogP contribution is 1.89. The summed E-state index contributed by atoms with van der Waals surface area (Å²) >= 11 is 0. The van der Waals surface area contributed by atoms with E-state index in [-0.39, 0.29) is 23.6 Å². The van der Waals surface area contributed by atoms with Crippen LogP contribution < -0.4 is 5.32 Å². The summed E-state index contributed by atoms with van der Waals surface area (Å²) in [5.41, 5.74) is 0. The van der Waals surface area contributed by atoms with Crippen LogP contribution in [0.3, 0.4) is 0 Å². The Morgan fingerprint density at radius 3 is 1.61 bits per heavy atom. The molecule has 0 aliphatic heterocycles. The first-order chi connectivity index (χ1) is 8.13. The SMILES string of the molecule is CC(=O)NC(C)C(C)=O.CCN(C(C)=O)N(C)C. The summed E-state index contributed by atoms with van der Waals surface area (Å²) in [7, 11) is 3.70. The van der Waals surface area contributed by atoms with Crippen LogP contribution in [0.5, 0.6) is 0 Å². The third-order valence-electron chi connectivity index (χ3n) is 2.18. The molecule has 0 aromatic carbocycles. The van der Waals surface area contributed by atoms with Gasteiger partial charge < -0.3 is 5.32 Å². The van der Waals surface area contributed by atoms with Gasteiger partial charge in [0.1, 0.15) is 0 Å². The molecule has 1 N–H and O–H groups in total. The molecule has 0 aromatic heterocycles. The van der Waals surface area contributed by atoms with Crippen LogP contribution in [0.2, 0.25) is 0 Å². The van der Waals surface area contributed by atoms with E-state index in [2.05, 4.69) is 5.32 Å². The van der Waals surface area contributed by atoms with Crippen molar-refractivity contribution in [1.82, 2.24) is 15.3 Å². The zero-order chi connectivity index (χ0) is 14.9. The second kappa shape index (κ2) is 9.58. The minimum atomic E-state index is -0.345. The van der Waals surface area contributed by atoms with Gasteiger partial charge in [0.15, 0.2) is 5.78 Å². The van der Waals surface area contributed by atoms with Gasteiger partial charge in [0.2, 0.25) is 11.8 Å². The topological polar surface area (TPSA) is 69.7 Å². The molecule has 6 nitrogen and oxygen atoms in total. The lowest BCUT2D eigenvalue weighted by Crippen LogP contribution is -2.40. The van der Waals surface area contributed by atoms with E-state index in [0.29, 0.717) is 0 Å². The zero-order valence-electron chi connectivity index (χ0n) is 12.4. The van der Waals surface area contributed by atoms with E-state index >= 15 is 0 Å². The van der Waals surface area contributed by atoms with Gasteiger partial charge in [-0.25, -0.2) is 5.01 Å². The normalized spacial score (nSPS) is 11.1. The molecule has 2 amide bonds. The molecule has 18 heavy (non-hydrogen) atoms. The highest BCUT2D eigenvalue weighted by Gasteiger charge is 2.06. The number of hydrazine groups is 1. The second-order valence-electron chi connectivity index (χ2n) is 4.11. The fourth-order valence-electron chi connectivity index (χ4n) is 1.19. The highest BCUT2D eigenvalue weighted by molar-refractivity contribution is 5.86. The molecule has 0 rings (SSSR count). The van der Waals surface area contributed by atoms with E-state index < -0.39 is 0 Å². The molecule has 106 valence electrons. The van der Waals surface area contributed by atoms with Gasteiger partial charge in [0.05, 0.1) is 6.04 Å². The van der Waals surface area contributed by atoms with E-state index in [1.54, 1.807) is 23.9 Å². The molecule has 0 bridgehead atoms. The van der Waals surface area contributed by atoms with Crippen molar-refractivity contribution in [2.75, 3.05) is 20.6 Å². The van der Waals surface area contributed by atoms with Crippen LogP contribution in [0.25, 0.3) is 0 Å². The second-order valence-corrected chi connectivity index (χ2v) is 4.11. The summed E-state index contributed by atoms with van der Waals surface area (Å²) in [5.74, 6) is -0.106. The summed E-state index contributed by atoms with van der Waals surface area (Å²) in [4.78, 5) is 31.5. The number of carbonyl (C=O) groups is 3. The molecule has 0 aromatic rings. The average Bonchev–Trinajstić information content (AvgIpc) is 2.16. The van der Waals surface area contributed by atoms with Crippen molar-refractivity contribution in [1.29, 1.82) is 0 Å². The molecule has 0 aliphatic carbocycles. The summed E-state index contributed by atoms with van der Waals surface area (Å²) in [6.07, 6.45) is 0. The van der Waals surface area contributed by atoms with Crippen molar-refractivity contribution >= 4 is 17.6 Å². The van der Waals surface area contributed by atoms with E-state index in [9.17, 15) is 14.4 Å². The van der Waals surface area contributed by atoms with Crippen LogP contribution >= 0.6 is 0 Å². The molecule has 0 radical (unpaired) electrons. The first-order valence-corrected chi connectivity index (χ1v) is 5.86. The fraction of sp³-hybridized carbons (Fsp3) is 0.750. The molecule has 0 heterocycles. The number of hydrogen-bond acceptors (Lipinski definition) is 4. The van der Waals surface area contributed by atoms with Crippen LogP contribution in [0, 0.1) is 0 Å². The Labute approximate surface area is 109 Å². The van der Waals surface area contributed by atoms with Crippen molar-refractivity contribution in [2.45, 2.75) is 40.7 Å².